The Balaban J connectivity index is 1.68. The molecular formula is C18H25NO3. The summed E-state index contributed by atoms with van der Waals surface area (Å²) in [7, 11) is 0. The van der Waals surface area contributed by atoms with Gasteiger partial charge < -0.3 is 10.1 Å². The van der Waals surface area contributed by atoms with Crippen molar-refractivity contribution in [3.05, 3.63) is 29.3 Å². The number of ether oxygens (including phenoxy) is 1. The van der Waals surface area contributed by atoms with E-state index in [2.05, 4.69) is 5.32 Å². The molecule has 1 saturated carbocycles. The van der Waals surface area contributed by atoms with Crippen molar-refractivity contribution in [3.63, 3.8) is 0 Å². The molecule has 0 heterocycles. The number of benzene rings is 1. The first kappa shape index (κ1) is 16.5. The average Bonchev–Trinajstić information content (AvgIpc) is 3.00. The topological polar surface area (TPSA) is 55.4 Å². The van der Waals surface area contributed by atoms with Gasteiger partial charge in [-0.2, -0.15) is 0 Å². The summed E-state index contributed by atoms with van der Waals surface area (Å²) in [6.45, 7) is 3.80. The van der Waals surface area contributed by atoms with Crippen molar-refractivity contribution < 1.29 is 14.3 Å². The molecule has 0 aromatic heterocycles. The highest BCUT2D eigenvalue weighted by molar-refractivity contribution is 5.92. The fourth-order valence-corrected chi connectivity index (χ4v) is 2.86. The van der Waals surface area contributed by atoms with Crippen LogP contribution in [-0.2, 0) is 14.3 Å². The number of anilines is 1. The number of hydrogen-bond acceptors (Lipinski definition) is 3. The molecule has 0 unspecified atom stereocenters. The number of amides is 1. The van der Waals surface area contributed by atoms with Crippen molar-refractivity contribution in [1.29, 1.82) is 0 Å². The molecule has 1 amide bonds. The van der Waals surface area contributed by atoms with Crippen LogP contribution in [0.15, 0.2) is 18.2 Å². The number of aryl methyl sites for hydroxylation is 2. The fourth-order valence-electron chi connectivity index (χ4n) is 2.86. The molecule has 1 N–H and O–H groups in total. The predicted molar refractivity (Wildman–Crippen MR) is 86.7 cm³/mol. The van der Waals surface area contributed by atoms with Gasteiger partial charge in [-0.25, -0.2) is 0 Å². The molecule has 1 fully saturated rings. The molecular weight excluding hydrogens is 278 g/mol. The number of hydrogen-bond donors (Lipinski definition) is 1. The van der Waals surface area contributed by atoms with E-state index in [9.17, 15) is 9.59 Å². The molecule has 4 heteroatoms. The van der Waals surface area contributed by atoms with E-state index in [0.717, 1.165) is 17.7 Å². The summed E-state index contributed by atoms with van der Waals surface area (Å²) < 4.78 is 5.04. The van der Waals surface area contributed by atoms with Gasteiger partial charge in [0.2, 0.25) is 0 Å². The van der Waals surface area contributed by atoms with Gasteiger partial charge in [0.25, 0.3) is 5.91 Å². The molecule has 2 rings (SSSR count). The summed E-state index contributed by atoms with van der Waals surface area (Å²) in [5.41, 5.74) is 3.03. The molecule has 0 spiro atoms. The molecule has 1 aromatic carbocycles. The number of carbonyl (C=O) groups excluding carboxylic acids is 2. The Morgan fingerprint density at radius 1 is 1.18 bits per heavy atom. The van der Waals surface area contributed by atoms with E-state index in [4.69, 9.17) is 4.74 Å². The quantitative estimate of drug-likeness (QED) is 0.814. The Morgan fingerprint density at radius 2 is 1.91 bits per heavy atom. The zero-order valence-corrected chi connectivity index (χ0v) is 13.5. The summed E-state index contributed by atoms with van der Waals surface area (Å²) in [4.78, 5) is 23.4. The van der Waals surface area contributed by atoms with Crippen molar-refractivity contribution in [1.82, 2.24) is 0 Å². The molecule has 0 aliphatic heterocycles. The molecule has 120 valence electrons. The third-order valence-electron chi connectivity index (χ3n) is 4.39. The van der Waals surface area contributed by atoms with Crippen LogP contribution in [0.3, 0.4) is 0 Å². The lowest BCUT2D eigenvalue weighted by molar-refractivity contribution is -0.147. The van der Waals surface area contributed by atoms with Gasteiger partial charge >= 0.3 is 5.97 Å². The highest BCUT2D eigenvalue weighted by atomic mass is 16.5. The van der Waals surface area contributed by atoms with Gasteiger partial charge in [0.1, 0.15) is 0 Å². The Labute approximate surface area is 132 Å². The second-order valence-electron chi connectivity index (χ2n) is 6.20. The van der Waals surface area contributed by atoms with Crippen molar-refractivity contribution >= 4 is 17.6 Å². The number of carbonyl (C=O) groups is 2. The van der Waals surface area contributed by atoms with E-state index in [0.29, 0.717) is 12.3 Å². The van der Waals surface area contributed by atoms with E-state index in [1.807, 2.05) is 32.0 Å². The van der Waals surface area contributed by atoms with Gasteiger partial charge in [0.15, 0.2) is 6.61 Å². The van der Waals surface area contributed by atoms with Crippen molar-refractivity contribution in [3.8, 4) is 0 Å². The minimum atomic E-state index is -0.294. The summed E-state index contributed by atoms with van der Waals surface area (Å²) >= 11 is 0. The highest BCUT2D eigenvalue weighted by Crippen LogP contribution is 2.28. The van der Waals surface area contributed by atoms with Gasteiger partial charge in [-0.3, -0.25) is 9.59 Å². The normalized spacial score (nSPS) is 14.8. The van der Waals surface area contributed by atoms with Crippen LogP contribution >= 0.6 is 0 Å². The number of nitrogens with one attached hydrogen (secondary N) is 1. The van der Waals surface area contributed by atoms with Crippen LogP contribution in [0.1, 0.15) is 49.7 Å². The summed E-state index contributed by atoms with van der Waals surface area (Å²) in [5.74, 6) is 0.0940. The summed E-state index contributed by atoms with van der Waals surface area (Å²) in [5, 5.41) is 2.75. The minimum absolute atomic E-state index is 0.212. The maximum atomic E-state index is 11.8. The maximum Gasteiger partial charge on any atom is 0.306 e. The third kappa shape index (κ3) is 5.17. The van der Waals surface area contributed by atoms with Gasteiger partial charge in [-0.05, 0) is 49.4 Å². The monoisotopic (exact) mass is 303 g/mol. The molecule has 22 heavy (non-hydrogen) atoms. The molecule has 4 nitrogen and oxygen atoms in total. The van der Waals surface area contributed by atoms with E-state index < -0.39 is 0 Å². The SMILES string of the molecule is Cc1ccc(NC(=O)COC(=O)CCC2CCCC2)cc1C. The molecule has 1 aliphatic carbocycles. The zero-order chi connectivity index (χ0) is 15.9. The van der Waals surface area contributed by atoms with E-state index in [-0.39, 0.29) is 18.5 Å². The second-order valence-corrected chi connectivity index (χ2v) is 6.20. The van der Waals surface area contributed by atoms with Crippen LogP contribution in [0, 0.1) is 19.8 Å². The first-order valence-corrected chi connectivity index (χ1v) is 8.07. The second kappa shape index (κ2) is 7.97. The first-order chi connectivity index (χ1) is 10.5. The Bertz CT molecular complexity index is 533. The minimum Gasteiger partial charge on any atom is -0.456 e. The maximum absolute atomic E-state index is 11.8. The highest BCUT2D eigenvalue weighted by Gasteiger charge is 2.17. The molecule has 0 saturated heterocycles. The van der Waals surface area contributed by atoms with Crippen LogP contribution in [0.25, 0.3) is 0 Å². The number of esters is 1. The lowest BCUT2D eigenvalue weighted by Crippen LogP contribution is -2.21. The standard InChI is InChI=1S/C18H25NO3/c1-13-7-9-16(11-14(13)2)19-17(20)12-22-18(21)10-8-15-5-3-4-6-15/h7,9,11,15H,3-6,8,10,12H2,1-2H3,(H,19,20). The summed E-state index contributed by atoms with van der Waals surface area (Å²) in [6, 6.07) is 5.72. The van der Waals surface area contributed by atoms with Gasteiger partial charge in [0.05, 0.1) is 0 Å². The largest absolute Gasteiger partial charge is 0.456 e. The number of rotatable bonds is 6. The van der Waals surface area contributed by atoms with Crippen LogP contribution in [0.5, 0.6) is 0 Å². The molecule has 1 aromatic rings. The molecule has 0 radical (unpaired) electrons. The fraction of sp³-hybridized carbons (Fsp3) is 0.556. The Kier molecular flexibility index (Phi) is 5.99. The molecule has 1 aliphatic rings. The van der Waals surface area contributed by atoms with Gasteiger partial charge in [-0.15, -0.1) is 0 Å². The zero-order valence-electron chi connectivity index (χ0n) is 13.5. The predicted octanol–water partition coefficient (Wildman–Crippen LogP) is 3.76. The molecule has 0 bridgehead atoms. The lowest BCUT2D eigenvalue weighted by atomic mass is 10.0. The van der Waals surface area contributed by atoms with Crippen LogP contribution in [0.4, 0.5) is 5.69 Å². The van der Waals surface area contributed by atoms with Crippen molar-refractivity contribution in [2.24, 2.45) is 5.92 Å². The lowest BCUT2D eigenvalue weighted by Gasteiger charge is -2.10. The first-order valence-electron chi connectivity index (χ1n) is 8.07. The van der Waals surface area contributed by atoms with E-state index >= 15 is 0 Å². The van der Waals surface area contributed by atoms with Gasteiger partial charge in [0, 0.05) is 12.1 Å². The molecule has 0 atom stereocenters. The smallest absolute Gasteiger partial charge is 0.306 e. The van der Waals surface area contributed by atoms with Crippen LogP contribution in [0.2, 0.25) is 0 Å². The van der Waals surface area contributed by atoms with E-state index in [1.165, 1.54) is 31.2 Å². The Hall–Kier alpha value is -1.84. The van der Waals surface area contributed by atoms with Crippen LogP contribution in [-0.4, -0.2) is 18.5 Å². The van der Waals surface area contributed by atoms with Crippen LogP contribution < -0.4 is 5.32 Å². The third-order valence-corrected chi connectivity index (χ3v) is 4.39. The van der Waals surface area contributed by atoms with E-state index in [1.54, 1.807) is 0 Å². The Morgan fingerprint density at radius 3 is 2.59 bits per heavy atom. The average molecular weight is 303 g/mol. The summed E-state index contributed by atoms with van der Waals surface area (Å²) in [6.07, 6.45) is 6.30. The van der Waals surface area contributed by atoms with Crippen molar-refractivity contribution in [2.75, 3.05) is 11.9 Å². The van der Waals surface area contributed by atoms with Gasteiger partial charge in [-0.1, -0.05) is 31.7 Å². The van der Waals surface area contributed by atoms with Crippen molar-refractivity contribution in [2.45, 2.75) is 52.4 Å².